The normalized spacial score (nSPS) is 12.0. The molecule has 0 aromatic carbocycles. The van der Waals surface area contributed by atoms with Crippen LogP contribution in [-0.2, 0) is 13.1 Å². The number of nitrogens with zero attached hydrogens (tertiary/aromatic N) is 2. The molecule has 1 heterocycles. The van der Waals surface area contributed by atoms with Gasteiger partial charge < -0.3 is 9.88 Å². The van der Waals surface area contributed by atoms with E-state index in [2.05, 4.69) is 49.5 Å². The van der Waals surface area contributed by atoms with Crippen molar-refractivity contribution in [3.05, 3.63) is 18.2 Å². The van der Waals surface area contributed by atoms with Crippen LogP contribution in [0.5, 0.6) is 0 Å². The Morgan fingerprint density at radius 1 is 1.24 bits per heavy atom. The van der Waals surface area contributed by atoms with E-state index < -0.39 is 0 Å². The van der Waals surface area contributed by atoms with E-state index >= 15 is 0 Å². The Balaban J connectivity index is 2.41. The minimum Gasteiger partial charge on any atom is -0.334 e. The first-order valence-corrected chi connectivity index (χ1v) is 6.76. The fraction of sp³-hybridized carbons (Fsp3) is 0.786. The number of aromatic nitrogens is 2. The molecule has 1 aromatic heterocycles. The lowest BCUT2D eigenvalue weighted by atomic mass is 9.85. The highest BCUT2D eigenvalue weighted by Gasteiger charge is 2.16. The van der Waals surface area contributed by atoms with Crippen molar-refractivity contribution in [1.82, 2.24) is 14.9 Å². The molecule has 0 saturated heterocycles. The third kappa shape index (κ3) is 4.15. The SMILES string of the molecule is CCn1cncc1CNCC(C(C)C)C(C)C. The standard InChI is InChI=1S/C14H27N3/c1-6-17-10-16-8-13(17)7-15-9-14(11(2)3)12(4)5/h8,10-12,14-15H,6-7,9H2,1-5H3. The van der Waals surface area contributed by atoms with Crippen LogP contribution < -0.4 is 5.32 Å². The predicted molar refractivity (Wildman–Crippen MR) is 72.8 cm³/mol. The fourth-order valence-corrected chi connectivity index (χ4v) is 2.39. The van der Waals surface area contributed by atoms with Crippen LogP contribution in [0.15, 0.2) is 12.5 Å². The highest BCUT2D eigenvalue weighted by Crippen LogP contribution is 2.19. The van der Waals surface area contributed by atoms with Crippen molar-refractivity contribution in [2.75, 3.05) is 6.54 Å². The topological polar surface area (TPSA) is 29.9 Å². The maximum Gasteiger partial charge on any atom is 0.0948 e. The predicted octanol–water partition coefficient (Wildman–Crippen LogP) is 2.92. The lowest BCUT2D eigenvalue weighted by Crippen LogP contribution is -2.30. The maximum absolute atomic E-state index is 4.18. The molecule has 0 aliphatic heterocycles. The monoisotopic (exact) mass is 237 g/mol. The molecule has 1 rings (SSSR count). The summed E-state index contributed by atoms with van der Waals surface area (Å²) in [5, 5.41) is 3.56. The largest absolute Gasteiger partial charge is 0.334 e. The van der Waals surface area contributed by atoms with Crippen molar-refractivity contribution < 1.29 is 0 Å². The van der Waals surface area contributed by atoms with E-state index in [-0.39, 0.29) is 0 Å². The second-order valence-corrected chi connectivity index (χ2v) is 5.45. The van der Waals surface area contributed by atoms with Crippen LogP contribution >= 0.6 is 0 Å². The number of imidazole rings is 1. The molecule has 0 unspecified atom stereocenters. The third-order valence-corrected chi connectivity index (χ3v) is 3.54. The van der Waals surface area contributed by atoms with Gasteiger partial charge in [-0.05, 0) is 31.2 Å². The van der Waals surface area contributed by atoms with Gasteiger partial charge in [0, 0.05) is 19.3 Å². The first-order chi connectivity index (χ1) is 8.06. The van der Waals surface area contributed by atoms with E-state index in [0.717, 1.165) is 37.4 Å². The van der Waals surface area contributed by atoms with Gasteiger partial charge in [-0.1, -0.05) is 27.7 Å². The van der Waals surface area contributed by atoms with Crippen LogP contribution in [0.3, 0.4) is 0 Å². The van der Waals surface area contributed by atoms with E-state index in [4.69, 9.17) is 0 Å². The lowest BCUT2D eigenvalue weighted by Gasteiger charge is -2.25. The molecular formula is C14H27N3. The van der Waals surface area contributed by atoms with Crippen LogP contribution in [0, 0.1) is 17.8 Å². The second kappa shape index (κ2) is 6.80. The Morgan fingerprint density at radius 2 is 1.88 bits per heavy atom. The van der Waals surface area contributed by atoms with Crippen LogP contribution in [-0.4, -0.2) is 16.1 Å². The minimum atomic E-state index is 0.735. The highest BCUT2D eigenvalue weighted by molar-refractivity contribution is 4.97. The highest BCUT2D eigenvalue weighted by atomic mass is 15.1. The molecule has 3 nitrogen and oxygen atoms in total. The zero-order valence-corrected chi connectivity index (χ0v) is 11.9. The van der Waals surface area contributed by atoms with Crippen LogP contribution in [0.25, 0.3) is 0 Å². The van der Waals surface area contributed by atoms with Crippen molar-refractivity contribution in [2.45, 2.75) is 47.7 Å². The number of aryl methyl sites for hydroxylation is 1. The second-order valence-electron chi connectivity index (χ2n) is 5.45. The molecule has 0 radical (unpaired) electrons. The third-order valence-electron chi connectivity index (χ3n) is 3.54. The first-order valence-electron chi connectivity index (χ1n) is 6.76. The minimum absolute atomic E-state index is 0.735. The quantitative estimate of drug-likeness (QED) is 0.790. The van der Waals surface area contributed by atoms with Gasteiger partial charge in [-0.25, -0.2) is 4.98 Å². The van der Waals surface area contributed by atoms with Crippen molar-refractivity contribution in [3.8, 4) is 0 Å². The van der Waals surface area contributed by atoms with Gasteiger partial charge in [0.1, 0.15) is 0 Å². The summed E-state index contributed by atoms with van der Waals surface area (Å²) in [5.41, 5.74) is 1.28. The van der Waals surface area contributed by atoms with Crippen molar-refractivity contribution in [3.63, 3.8) is 0 Å². The Bertz CT molecular complexity index is 307. The summed E-state index contributed by atoms with van der Waals surface area (Å²) in [6, 6.07) is 0. The summed E-state index contributed by atoms with van der Waals surface area (Å²) in [5.74, 6) is 2.21. The van der Waals surface area contributed by atoms with E-state index in [1.54, 1.807) is 0 Å². The zero-order chi connectivity index (χ0) is 12.8. The average molecular weight is 237 g/mol. The summed E-state index contributed by atoms with van der Waals surface area (Å²) in [6.07, 6.45) is 3.86. The number of hydrogen-bond acceptors (Lipinski definition) is 2. The van der Waals surface area contributed by atoms with Gasteiger partial charge in [-0.3, -0.25) is 0 Å². The van der Waals surface area contributed by atoms with Crippen molar-refractivity contribution in [2.24, 2.45) is 17.8 Å². The molecule has 0 fully saturated rings. The summed E-state index contributed by atoms with van der Waals surface area (Å²) in [6.45, 7) is 14.4. The van der Waals surface area contributed by atoms with Crippen molar-refractivity contribution in [1.29, 1.82) is 0 Å². The molecule has 0 bridgehead atoms. The molecule has 1 N–H and O–H groups in total. The number of nitrogens with one attached hydrogen (secondary N) is 1. The van der Waals surface area contributed by atoms with Gasteiger partial charge >= 0.3 is 0 Å². The molecule has 0 saturated carbocycles. The molecule has 0 amide bonds. The number of hydrogen-bond donors (Lipinski definition) is 1. The Labute approximate surface area is 106 Å². The first kappa shape index (κ1) is 14.2. The molecule has 1 aromatic rings. The van der Waals surface area contributed by atoms with Gasteiger partial charge in [0.25, 0.3) is 0 Å². The zero-order valence-electron chi connectivity index (χ0n) is 11.9. The summed E-state index contributed by atoms with van der Waals surface area (Å²) in [7, 11) is 0. The Kier molecular flexibility index (Phi) is 5.69. The summed E-state index contributed by atoms with van der Waals surface area (Å²) >= 11 is 0. The summed E-state index contributed by atoms with van der Waals surface area (Å²) in [4.78, 5) is 4.18. The molecule has 0 aliphatic rings. The number of rotatable bonds is 7. The summed E-state index contributed by atoms with van der Waals surface area (Å²) < 4.78 is 2.19. The molecule has 0 spiro atoms. The Morgan fingerprint density at radius 3 is 2.41 bits per heavy atom. The van der Waals surface area contributed by atoms with Crippen LogP contribution in [0.2, 0.25) is 0 Å². The van der Waals surface area contributed by atoms with Gasteiger partial charge in [-0.2, -0.15) is 0 Å². The fourth-order valence-electron chi connectivity index (χ4n) is 2.39. The lowest BCUT2D eigenvalue weighted by molar-refractivity contribution is 0.275. The molecule has 98 valence electrons. The van der Waals surface area contributed by atoms with Crippen LogP contribution in [0.4, 0.5) is 0 Å². The molecule has 3 heteroatoms. The van der Waals surface area contributed by atoms with Gasteiger partial charge in [-0.15, -0.1) is 0 Å². The molecular weight excluding hydrogens is 210 g/mol. The Hall–Kier alpha value is -0.830. The maximum atomic E-state index is 4.18. The van der Waals surface area contributed by atoms with Gasteiger partial charge in [0.05, 0.1) is 12.0 Å². The molecule has 0 atom stereocenters. The van der Waals surface area contributed by atoms with Gasteiger partial charge in [0.15, 0.2) is 0 Å². The van der Waals surface area contributed by atoms with Gasteiger partial charge in [0.2, 0.25) is 0 Å². The van der Waals surface area contributed by atoms with E-state index in [9.17, 15) is 0 Å². The smallest absolute Gasteiger partial charge is 0.0948 e. The van der Waals surface area contributed by atoms with Crippen molar-refractivity contribution >= 4 is 0 Å². The van der Waals surface area contributed by atoms with E-state index in [1.807, 2.05) is 12.5 Å². The van der Waals surface area contributed by atoms with E-state index in [1.165, 1.54) is 5.69 Å². The molecule has 17 heavy (non-hydrogen) atoms. The van der Waals surface area contributed by atoms with E-state index in [0.29, 0.717) is 0 Å². The van der Waals surface area contributed by atoms with Crippen LogP contribution in [0.1, 0.15) is 40.3 Å². The molecule has 0 aliphatic carbocycles. The average Bonchev–Trinajstić information content (AvgIpc) is 2.70.